The highest BCUT2D eigenvalue weighted by Gasteiger charge is 2.62. The molecule has 0 saturated heterocycles. The topological polar surface area (TPSA) is 38.9 Å². The normalized spacial score (nSPS) is 47.7. The summed E-state index contributed by atoms with van der Waals surface area (Å²) in [6.45, 7) is 6.82. The molecule has 0 aliphatic heterocycles. The molecule has 4 heteroatoms. The molecule has 0 N–H and O–H groups in total. The molecule has 0 amide bonds. The van der Waals surface area contributed by atoms with Gasteiger partial charge in [-0.15, -0.1) is 21.8 Å². The minimum absolute atomic E-state index is 0.125. The molecule has 4 bridgehead atoms. The molecule has 3 nitrogen and oxygen atoms in total. The van der Waals surface area contributed by atoms with Crippen LogP contribution < -0.4 is 0 Å². The molecule has 0 spiro atoms. The monoisotopic (exact) mass is 294 g/mol. The molecule has 5 rings (SSSR count). The first kappa shape index (κ1) is 13.1. The van der Waals surface area contributed by atoms with Gasteiger partial charge in [0.25, 0.3) is 0 Å². The van der Waals surface area contributed by atoms with Crippen molar-refractivity contribution in [1.29, 1.82) is 0 Å². The highest BCUT2D eigenvalue weighted by molar-refractivity contribution is 6.20. The average Bonchev–Trinajstić information content (AvgIpc) is 2.72. The third-order valence-corrected chi connectivity index (χ3v) is 6.05. The Morgan fingerprint density at radius 2 is 1.75 bits per heavy atom. The number of aromatic nitrogens is 2. The molecule has 1 heterocycles. The van der Waals surface area contributed by atoms with Gasteiger partial charge in [0.1, 0.15) is 5.38 Å². The second kappa shape index (κ2) is 3.79. The number of alkyl halides is 1. The Balaban J connectivity index is 1.76. The van der Waals surface area contributed by atoms with Crippen LogP contribution in [0.15, 0.2) is 4.42 Å². The summed E-state index contributed by atoms with van der Waals surface area (Å²) < 4.78 is 5.97. The number of hydrogen-bond donors (Lipinski definition) is 0. The van der Waals surface area contributed by atoms with Crippen LogP contribution in [0.3, 0.4) is 0 Å². The van der Waals surface area contributed by atoms with Crippen LogP contribution >= 0.6 is 11.6 Å². The van der Waals surface area contributed by atoms with E-state index in [-0.39, 0.29) is 10.8 Å². The lowest BCUT2D eigenvalue weighted by molar-refractivity contribution is -0.117. The fourth-order valence-electron chi connectivity index (χ4n) is 6.30. The van der Waals surface area contributed by atoms with Crippen LogP contribution in [0.1, 0.15) is 76.5 Å². The molecule has 4 aliphatic carbocycles. The number of hydrogen-bond acceptors (Lipinski definition) is 3. The Morgan fingerprint density at radius 1 is 1.10 bits per heavy atom. The maximum absolute atomic E-state index is 6.08. The van der Waals surface area contributed by atoms with Gasteiger partial charge in [0.15, 0.2) is 0 Å². The molecule has 0 radical (unpaired) electrons. The quantitative estimate of drug-likeness (QED) is 0.747. The minimum atomic E-state index is -0.198. The van der Waals surface area contributed by atoms with Crippen LogP contribution in [0.2, 0.25) is 0 Å². The van der Waals surface area contributed by atoms with E-state index in [1.54, 1.807) is 0 Å². The van der Waals surface area contributed by atoms with Gasteiger partial charge in [0.05, 0.1) is 0 Å². The fourth-order valence-corrected chi connectivity index (χ4v) is 6.38. The zero-order valence-corrected chi connectivity index (χ0v) is 13.3. The van der Waals surface area contributed by atoms with E-state index < -0.39 is 0 Å². The first-order valence-electron chi connectivity index (χ1n) is 7.80. The van der Waals surface area contributed by atoms with Crippen LogP contribution in [0.25, 0.3) is 0 Å². The third-order valence-electron chi connectivity index (χ3n) is 5.86. The molecular formula is C16H23ClN2O. The molecule has 3 unspecified atom stereocenters. The van der Waals surface area contributed by atoms with Gasteiger partial charge in [0, 0.05) is 5.41 Å². The van der Waals surface area contributed by atoms with Gasteiger partial charge in [-0.2, -0.15) is 0 Å². The largest absolute Gasteiger partial charge is 0.423 e. The van der Waals surface area contributed by atoms with Gasteiger partial charge in [-0.05, 0) is 62.2 Å². The van der Waals surface area contributed by atoms with Gasteiger partial charge in [0.2, 0.25) is 11.8 Å². The van der Waals surface area contributed by atoms with Gasteiger partial charge in [-0.1, -0.05) is 13.8 Å². The van der Waals surface area contributed by atoms with Crippen molar-refractivity contribution in [1.82, 2.24) is 10.2 Å². The van der Waals surface area contributed by atoms with E-state index in [0.717, 1.165) is 11.8 Å². The molecule has 20 heavy (non-hydrogen) atoms. The predicted octanol–water partition coefficient (Wildman–Crippen LogP) is 4.62. The predicted molar refractivity (Wildman–Crippen MR) is 77.7 cm³/mol. The Morgan fingerprint density at radius 3 is 2.25 bits per heavy atom. The zero-order valence-electron chi connectivity index (χ0n) is 12.6. The standard InChI is InChI=1S/C16H23ClN2O/c1-10(17)12-18-19-13(20-12)16-6-11-4-14(2,8-16)7-15(3,5-11)9-16/h10-11H,4-9H2,1-3H3. The van der Waals surface area contributed by atoms with Crippen molar-refractivity contribution in [2.45, 2.75) is 70.1 Å². The Kier molecular flexibility index (Phi) is 2.49. The second-order valence-corrected chi connectivity index (χ2v) is 9.13. The molecule has 0 aromatic carbocycles. The first-order chi connectivity index (χ1) is 9.32. The number of nitrogens with zero attached hydrogens (tertiary/aromatic N) is 2. The van der Waals surface area contributed by atoms with Crippen molar-refractivity contribution >= 4 is 11.6 Å². The number of rotatable bonds is 2. The highest BCUT2D eigenvalue weighted by Crippen LogP contribution is 2.69. The van der Waals surface area contributed by atoms with Gasteiger partial charge in [-0.25, -0.2) is 0 Å². The molecular weight excluding hydrogens is 272 g/mol. The molecule has 3 atom stereocenters. The summed E-state index contributed by atoms with van der Waals surface area (Å²) in [5.74, 6) is 2.28. The van der Waals surface area contributed by atoms with Crippen molar-refractivity contribution in [2.24, 2.45) is 16.7 Å². The molecule has 4 aliphatic rings. The summed E-state index contributed by atoms with van der Waals surface area (Å²) in [6.07, 6.45) is 7.80. The summed E-state index contributed by atoms with van der Waals surface area (Å²) in [7, 11) is 0. The lowest BCUT2D eigenvalue weighted by atomic mass is 9.40. The van der Waals surface area contributed by atoms with Crippen LogP contribution in [-0.4, -0.2) is 10.2 Å². The lowest BCUT2D eigenvalue weighted by Gasteiger charge is -2.64. The Hall–Kier alpha value is -0.570. The maximum atomic E-state index is 6.08. The first-order valence-corrected chi connectivity index (χ1v) is 8.23. The van der Waals surface area contributed by atoms with Crippen LogP contribution in [0, 0.1) is 16.7 Å². The zero-order chi connectivity index (χ0) is 14.2. The lowest BCUT2D eigenvalue weighted by Crippen LogP contribution is -2.57. The van der Waals surface area contributed by atoms with Gasteiger partial charge >= 0.3 is 0 Å². The van der Waals surface area contributed by atoms with Crippen molar-refractivity contribution in [2.75, 3.05) is 0 Å². The fraction of sp³-hybridized carbons (Fsp3) is 0.875. The minimum Gasteiger partial charge on any atom is -0.423 e. The summed E-state index contributed by atoms with van der Waals surface area (Å²) in [5.41, 5.74) is 1.06. The summed E-state index contributed by atoms with van der Waals surface area (Å²) >= 11 is 6.08. The van der Waals surface area contributed by atoms with E-state index in [9.17, 15) is 0 Å². The number of halogens is 1. The summed E-state index contributed by atoms with van der Waals surface area (Å²) in [5, 5.41) is 8.36. The molecule has 1 aromatic heterocycles. The van der Waals surface area contributed by atoms with Crippen LogP contribution in [0.4, 0.5) is 0 Å². The van der Waals surface area contributed by atoms with Gasteiger partial charge in [-0.3, -0.25) is 0 Å². The Bertz CT molecular complexity index is 534. The van der Waals surface area contributed by atoms with Crippen molar-refractivity contribution in [3.63, 3.8) is 0 Å². The van der Waals surface area contributed by atoms with E-state index in [1.165, 1.54) is 38.5 Å². The van der Waals surface area contributed by atoms with Gasteiger partial charge < -0.3 is 4.42 Å². The van der Waals surface area contributed by atoms with Crippen molar-refractivity contribution in [3.8, 4) is 0 Å². The highest BCUT2D eigenvalue weighted by atomic mass is 35.5. The SMILES string of the molecule is CC(Cl)c1nnc(C23CC4CC(C)(CC(C)(C4)C2)C3)o1. The molecule has 4 fully saturated rings. The van der Waals surface area contributed by atoms with E-state index in [2.05, 4.69) is 24.0 Å². The van der Waals surface area contributed by atoms with Crippen molar-refractivity contribution < 1.29 is 4.42 Å². The van der Waals surface area contributed by atoms with E-state index >= 15 is 0 Å². The Labute approximate surface area is 125 Å². The van der Waals surface area contributed by atoms with E-state index in [0.29, 0.717) is 16.7 Å². The van der Waals surface area contributed by atoms with E-state index in [1.807, 2.05) is 6.92 Å². The summed E-state index contributed by atoms with van der Waals surface area (Å²) in [6, 6.07) is 0. The molecule has 1 aromatic rings. The van der Waals surface area contributed by atoms with Crippen LogP contribution in [-0.2, 0) is 5.41 Å². The third kappa shape index (κ3) is 1.78. The second-order valence-electron chi connectivity index (χ2n) is 8.47. The molecule has 110 valence electrons. The van der Waals surface area contributed by atoms with Crippen LogP contribution in [0.5, 0.6) is 0 Å². The summed E-state index contributed by atoms with van der Waals surface area (Å²) in [4.78, 5) is 0. The maximum Gasteiger partial charge on any atom is 0.234 e. The van der Waals surface area contributed by atoms with Crippen molar-refractivity contribution in [3.05, 3.63) is 11.8 Å². The average molecular weight is 295 g/mol. The molecule has 4 saturated carbocycles. The smallest absolute Gasteiger partial charge is 0.234 e. The van der Waals surface area contributed by atoms with E-state index in [4.69, 9.17) is 16.0 Å².